The van der Waals surface area contributed by atoms with Gasteiger partial charge in [0.15, 0.2) is 5.75 Å². The van der Waals surface area contributed by atoms with Crippen molar-refractivity contribution in [1.29, 1.82) is 0 Å². The highest BCUT2D eigenvalue weighted by Gasteiger charge is 2.11. The first-order valence-electron chi connectivity index (χ1n) is 5.03. The SMILES string of the molecule is CC.CC.COc1ccccc1[N+](=O)[O-]. The molecule has 0 aliphatic carbocycles. The summed E-state index contributed by atoms with van der Waals surface area (Å²) in [6, 6.07) is 6.24. The van der Waals surface area contributed by atoms with E-state index in [-0.39, 0.29) is 11.4 Å². The molecular formula is C11H19NO3. The van der Waals surface area contributed by atoms with Gasteiger partial charge in [0.1, 0.15) is 0 Å². The van der Waals surface area contributed by atoms with Gasteiger partial charge in [0.2, 0.25) is 0 Å². The van der Waals surface area contributed by atoms with Crippen molar-refractivity contribution in [3.05, 3.63) is 34.4 Å². The van der Waals surface area contributed by atoms with Crippen LogP contribution in [0.1, 0.15) is 27.7 Å². The second-order valence-corrected chi connectivity index (χ2v) is 1.93. The fourth-order valence-corrected chi connectivity index (χ4v) is 0.781. The molecule has 4 heteroatoms. The van der Waals surface area contributed by atoms with Crippen LogP contribution >= 0.6 is 0 Å². The molecule has 0 heterocycles. The van der Waals surface area contributed by atoms with E-state index < -0.39 is 4.92 Å². The molecule has 0 radical (unpaired) electrons. The van der Waals surface area contributed by atoms with Gasteiger partial charge in [0.25, 0.3) is 0 Å². The van der Waals surface area contributed by atoms with Crippen LogP contribution in [0.5, 0.6) is 5.75 Å². The minimum absolute atomic E-state index is 0.00463. The monoisotopic (exact) mass is 213 g/mol. The Morgan fingerprint density at radius 2 is 1.60 bits per heavy atom. The molecule has 0 N–H and O–H groups in total. The normalized spacial score (nSPS) is 7.53. The first kappa shape index (κ1) is 15.9. The van der Waals surface area contributed by atoms with E-state index in [1.807, 2.05) is 27.7 Å². The summed E-state index contributed by atoms with van der Waals surface area (Å²) >= 11 is 0. The van der Waals surface area contributed by atoms with E-state index >= 15 is 0 Å². The Morgan fingerprint density at radius 3 is 1.93 bits per heavy atom. The molecular weight excluding hydrogens is 194 g/mol. The minimum Gasteiger partial charge on any atom is -0.490 e. The fourth-order valence-electron chi connectivity index (χ4n) is 0.781. The highest BCUT2D eigenvalue weighted by atomic mass is 16.6. The molecule has 1 rings (SSSR count). The van der Waals surface area contributed by atoms with Gasteiger partial charge >= 0.3 is 5.69 Å². The van der Waals surface area contributed by atoms with E-state index in [4.69, 9.17) is 4.74 Å². The molecule has 0 bridgehead atoms. The Kier molecular flexibility index (Phi) is 11.1. The average molecular weight is 213 g/mol. The molecule has 0 saturated carbocycles. The summed E-state index contributed by atoms with van der Waals surface area (Å²) in [6.45, 7) is 8.00. The second kappa shape index (κ2) is 10.5. The van der Waals surface area contributed by atoms with Crippen molar-refractivity contribution < 1.29 is 9.66 Å². The van der Waals surface area contributed by atoms with Crippen molar-refractivity contribution in [2.75, 3.05) is 7.11 Å². The molecule has 1 aromatic rings. The zero-order chi connectivity index (χ0) is 12.3. The summed E-state index contributed by atoms with van der Waals surface area (Å²) in [5.74, 6) is 0.289. The lowest BCUT2D eigenvalue weighted by molar-refractivity contribution is -0.385. The number of methoxy groups -OCH3 is 1. The summed E-state index contributed by atoms with van der Waals surface area (Å²) in [7, 11) is 1.41. The van der Waals surface area contributed by atoms with Crippen LogP contribution in [0.3, 0.4) is 0 Å². The Morgan fingerprint density at radius 1 is 1.13 bits per heavy atom. The maximum atomic E-state index is 10.3. The molecule has 0 fully saturated rings. The van der Waals surface area contributed by atoms with Crippen molar-refractivity contribution in [1.82, 2.24) is 0 Å². The number of ether oxygens (including phenoxy) is 1. The van der Waals surface area contributed by atoms with Gasteiger partial charge < -0.3 is 4.74 Å². The molecule has 0 amide bonds. The predicted octanol–water partition coefficient (Wildman–Crippen LogP) is 3.66. The predicted molar refractivity (Wildman–Crippen MR) is 62.3 cm³/mol. The third-order valence-corrected chi connectivity index (χ3v) is 1.28. The van der Waals surface area contributed by atoms with Gasteiger partial charge in [-0.3, -0.25) is 10.1 Å². The van der Waals surface area contributed by atoms with Crippen LogP contribution in [0.2, 0.25) is 0 Å². The molecule has 0 aliphatic heterocycles. The van der Waals surface area contributed by atoms with Gasteiger partial charge in [-0.25, -0.2) is 0 Å². The van der Waals surface area contributed by atoms with Gasteiger partial charge in [-0.2, -0.15) is 0 Å². The quantitative estimate of drug-likeness (QED) is 0.556. The van der Waals surface area contributed by atoms with Gasteiger partial charge in [0, 0.05) is 6.07 Å². The molecule has 15 heavy (non-hydrogen) atoms. The number of hydrogen-bond acceptors (Lipinski definition) is 3. The third kappa shape index (κ3) is 5.67. The molecule has 0 spiro atoms. The molecule has 1 aromatic carbocycles. The molecule has 0 aliphatic rings. The van der Waals surface area contributed by atoms with E-state index in [1.165, 1.54) is 13.2 Å². The summed E-state index contributed by atoms with van der Waals surface area (Å²) in [5.41, 5.74) is -0.00463. The Bertz CT molecular complexity index is 274. The molecule has 86 valence electrons. The summed E-state index contributed by atoms with van der Waals surface area (Å²) in [5, 5.41) is 10.3. The van der Waals surface area contributed by atoms with Crippen LogP contribution in [0, 0.1) is 10.1 Å². The van der Waals surface area contributed by atoms with Crippen LogP contribution in [0.15, 0.2) is 24.3 Å². The summed E-state index contributed by atoms with van der Waals surface area (Å²) in [6.07, 6.45) is 0. The largest absolute Gasteiger partial charge is 0.490 e. The maximum Gasteiger partial charge on any atom is 0.310 e. The average Bonchev–Trinajstić information content (AvgIpc) is 2.34. The smallest absolute Gasteiger partial charge is 0.310 e. The van der Waals surface area contributed by atoms with Gasteiger partial charge in [-0.15, -0.1) is 0 Å². The topological polar surface area (TPSA) is 52.4 Å². The van der Waals surface area contributed by atoms with Crippen molar-refractivity contribution in [2.24, 2.45) is 0 Å². The highest BCUT2D eigenvalue weighted by molar-refractivity contribution is 5.45. The zero-order valence-electron chi connectivity index (χ0n) is 9.98. The molecule has 0 atom stereocenters. The van der Waals surface area contributed by atoms with Crippen LogP contribution in [-0.2, 0) is 0 Å². The number of nitrogens with zero attached hydrogens (tertiary/aromatic N) is 1. The van der Waals surface area contributed by atoms with Crippen LogP contribution in [0.25, 0.3) is 0 Å². The van der Waals surface area contributed by atoms with Gasteiger partial charge in [-0.1, -0.05) is 39.8 Å². The molecule has 0 saturated heterocycles. The van der Waals surface area contributed by atoms with Crippen molar-refractivity contribution in [3.8, 4) is 5.75 Å². The van der Waals surface area contributed by atoms with E-state index in [0.717, 1.165) is 0 Å². The Hall–Kier alpha value is -1.58. The number of hydrogen-bond donors (Lipinski definition) is 0. The maximum absolute atomic E-state index is 10.3. The lowest BCUT2D eigenvalue weighted by Crippen LogP contribution is -1.92. The first-order chi connectivity index (χ1) is 7.25. The number of nitro groups is 1. The van der Waals surface area contributed by atoms with Crippen molar-refractivity contribution >= 4 is 5.69 Å². The molecule has 0 unspecified atom stereocenters. The zero-order valence-corrected chi connectivity index (χ0v) is 9.98. The second-order valence-electron chi connectivity index (χ2n) is 1.93. The van der Waals surface area contributed by atoms with Crippen molar-refractivity contribution in [2.45, 2.75) is 27.7 Å². The number of rotatable bonds is 2. The van der Waals surface area contributed by atoms with E-state index in [2.05, 4.69) is 0 Å². The molecule has 4 nitrogen and oxygen atoms in total. The molecule has 0 aromatic heterocycles. The van der Waals surface area contributed by atoms with Gasteiger partial charge in [-0.05, 0) is 6.07 Å². The summed E-state index contributed by atoms with van der Waals surface area (Å²) < 4.78 is 4.76. The Balaban J connectivity index is 0. The lowest BCUT2D eigenvalue weighted by atomic mass is 10.3. The van der Waals surface area contributed by atoms with Crippen LogP contribution < -0.4 is 4.74 Å². The standard InChI is InChI=1S/C7H7NO3.2C2H6/c1-11-7-5-3-2-4-6(7)8(9)10;2*1-2/h2-5H,1H3;2*1-2H3. The minimum atomic E-state index is -0.473. The number of para-hydroxylation sites is 2. The highest BCUT2D eigenvalue weighted by Crippen LogP contribution is 2.24. The number of nitro benzene ring substituents is 1. The van der Waals surface area contributed by atoms with E-state index in [0.29, 0.717) is 0 Å². The Labute approximate surface area is 91.0 Å². The van der Waals surface area contributed by atoms with E-state index in [9.17, 15) is 10.1 Å². The van der Waals surface area contributed by atoms with Crippen LogP contribution in [-0.4, -0.2) is 12.0 Å². The number of benzene rings is 1. The first-order valence-corrected chi connectivity index (χ1v) is 5.03. The van der Waals surface area contributed by atoms with Crippen LogP contribution in [0.4, 0.5) is 5.69 Å². The lowest BCUT2D eigenvalue weighted by Gasteiger charge is -1.98. The van der Waals surface area contributed by atoms with E-state index in [1.54, 1.807) is 18.2 Å². The fraction of sp³-hybridized carbons (Fsp3) is 0.455. The van der Waals surface area contributed by atoms with Gasteiger partial charge in [0.05, 0.1) is 12.0 Å². The van der Waals surface area contributed by atoms with Crippen molar-refractivity contribution in [3.63, 3.8) is 0 Å². The third-order valence-electron chi connectivity index (χ3n) is 1.28. The summed E-state index contributed by atoms with van der Waals surface area (Å²) in [4.78, 5) is 9.83.